The normalized spacial score (nSPS) is 18.5. The smallest absolute Gasteiger partial charge is 0.326 e. The van der Waals surface area contributed by atoms with Gasteiger partial charge >= 0.3 is 11.9 Å². The summed E-state index contributed by atoms with van der Waals surface area (Å²) in [5, 5.41) is 23.6. The Balaban J connectivity index is 2.98. The number of nitrogens with two attached hydrogens (primary N) is 2. The van der Waals surface area contributed by atoms with Gasteiger partial charge in [0, 0.05) is 6.54 Å². The molecule has 1 saturated heterocycles. The molecule has 3 amide bonds. The molecule has 12 nitrogen and oxygen atoms in total. The second-order valence-electron chi connectivity index (χ2n) is 8.77. The molecule has 188 valence electrons. The van der Waals surface area contributed by atoms with Crippen LogP contribution in [0.5, 0.6) is 0 Å². The predicted octanol–water partition coefficient (Wildman–Crippen LogP) is -0.991. The summed E-state index contributed by atoms with van der Waals surface area (Å²) in [6.07, 6.45) is 1.74. The molecule has 33 heavy (non-hydrogen) atoms. The van der Waals surface area contributed by atoms with E-state index in [1.807, 2.05) is 13.8 Å². The average Bonchev–Trinajstić information content (AvgIpc) is 3.21. The van der Waals surface area contributed by atoms with Gasteiger partial charge in [0.15, 0.2) is 0 Å². The third kappa shape index (κ3) is 9.34. The topological polar surface area (TPSA) is 205 Å². The number of rotatable bonds is 14. The fraction of sp³-hybridized carbons (Fsp3) is 0.762. The van der Waals surface area contributed by atoms with Crippen molar-refractivity contribution in [1.29, 1.82) is 0 Å². The van der Waals surface area contributed by atoms with Crippen molar-refractivity contribution in [2.45, 2.75) is 83.0 Å². The first-order valence-electron chi connectivity index (χ1n) is 11.3. The molecular weight excluding hydrogens is 434 g/mol. The predicted molar refractivity (Wildman–Crippen MR) is 119 cm³/mol. The number of aliphatic carboxylic acids is 2. The Morgan fingerprint density at radius 1 is 1.03 bits per heavy atom. The number of carbonyl (C=O) groups is 5. The SMILES string of the molecule is CC(C)CC(N)C(=O)NC(CCCCN)C(=O)NC(CC(=O)O)C(=O)N1CCCC1C(=O)O. The quantitative estimate of drug-likeness (QED) is 0.172. The van der Waals surface area contributed by atoms with E-state index in [2.05, 4.69) is 10.6 Å². The summed E-state index contributed by atoms with van der Waals surface area (Å²) < 4.78 is 0. The van der Waals surface area contributed by atoms with Crippen LogP contribution in [0, 0.1) is 5.92 Å². The van der Waals surface area contributed by atoms with Crippen molar-refractivity contribution in [1.82, 2.24) is 15.5 Å². The molecule has 0 spiro atoms. The first kappa shape index (κ1) is 28.3. The van der Waals surface area contributed by atoms with Crippen LogP contribution < -0.4 is 22.1 Å². The van der Waals surface area contributed by atoms with Gasteiger partial charge < -0.3 is 37.2 Å². The molecule has 0 aromatic heterocycles. The summed E-state index contributed by atoms with van der Waals surface area (Å²) in [6.45, 7) is 4.36. The minimum atomic E-state index is -1.46. The highest BCUT2D eigenvalue weighted by Crippen LogP contribution is 2.19. The zero-order chi connectivity index (χ0) is 25.1. The first-order chi connectivity index (χ1) is 15.5. The number of likely N-dealkylation sites (tertiary alicyclic amines) is 1. The van der Waals surface area contributed by atoms with Crippen LogP contribution >= 0.6 is 0 Å². The standard InChI is InChI=1S/C21H37N5O7/c1-12(2)10-13(23)18(29)24-14(6-3-4-8-22)19(30)25-15(11-17(27)28)20(31)26-9-5-7-16(26)21(32)33/h12-16H,3-11,22-23H2,1-2H3,(H,24,29)(H,25,30)(H,27,28)(H,32,33). The number of hydrogen-bond acceptors (Lipinski definition) is 7. The molecule has 1 aliphatic rings. The summed E-state index contributed by atoms with van der Waals surface area (Å²) in [5.41, 5.74) is 11.4. The van der Waals surface area contributed by atoms with Crippen LogP contribution in [0.25, 0.3) is 0 Å². The molecule has 0 aliphatic carbocycles. The van der Waals surface area contributed by atoms with Crippen molar-refractivity contribution in [3.8, 4) is 0 Å². The third-order valence-electron chi connectivity index (χ3n) is 5.46. The zero-order valence-electron chi connectivity index (χ0n) is 19.3. The Bertz CT molecular complexity index is 715. The van der Waals surface area contributed by atoms with Gasteiger partial charge in [-0.25, -0.2) is 4.79 Å². The molecule has 0 aromatic rings. The number of carbonyl (C=O) groups excluding carboxylic acids is 3. The molecule has 8 N–H and O–H groups in total. The highest BCUT2D eigenvalue weighted by Gasteiger charge is 2.39. The Hall–Kier alpha value is -2.73. The molecule has 4 atom stereocenters. The van der Waals surface area contributed by atoms with Gasteiger partial charge in [-0.2, -0.15) is 0 Å². The number of carboxylic acid groups (broad SMARTS) is 2. The monoisotopic (exact) mass is 471 g/mol. The molecule has 0 bridgehead atoms. The van der Waals surface area contributed by atoms with Crippen LogP contribution in [0.4, 0.5) is 0 Å². The van der Waals surface area contributed by atoms with Gasteiger partial charge in [-0.05, 0) is 51.0 Å². The fourth-order valence-electron chi connectivity index (χ4n) is 3.79. The van der Waals surface area contributed by atoms with E-state index in [1.165, 1.54) is 0 Å². The lowest BCUT2D eigenvalue weighted by molar-refractivity contribution is -0.150. The van der Waals surface area contributed by atoms with Crippen molar-refractivity contribution in [2.75, 3.05) is 13.1 Å². The maximum Gasteiger partial charge on any atom is 0.326 e. The van der Waals surface area contributed by atoms with Gasteiger partial charge in [0.25, 0.3) is 0 Å². The zero-order valence-corrected chi connectivity index (χ0v) is 19.3. The van der Waals surface area contributed by atoms with Crippen LogP contribution in [0.2, 0.25) is 0 Å². The van der Waals surface area contributed by atoms with E-state index in [1.54, 1.807) is 0 Å². The largest absolute Gasteiger partial charge is 0.481 e. The number of hydrogen-bond donors (Lipinski definition) is 6. The molecule has 0 saturated carbocycles. The van der Waals surface area contributed by atoms with Gasteiger partial charge in [-0.1, -0.05) is 13.8 Å². The molecule has 1 aliphatic heterocycles. The number of unbranched alkanes of at least 4 members (excludes halogenated alkanes) is 1. The van der Waals surface area contributed by atoms with Crippen molar-refractivity contribution >= 4 is 29.7 Å². The van der Waals surface area contributed by atoms with Crippen molar-refractivity contribution in [3.05, 3.63) is 0 Å². The summed E-state index contributed by atoms with van der Waals surface area (Å²) in [6, 6.07) is -4.40. The Morgan fingerprint density at radius 3 is 2.21 bits per heavy atom. The number of nitrogens with one attached hydrogen (secondary N) is 2. The van der Waals surface area contributed by atoms with Gasteiger partial charge in [0.2, 0.25) is 17.7 Å². The van der Waals surface area contributed by atoms with E-state index in [9.17, 15) is 34.2 Å². The summed E-state index contributed by atoms with van der Waals surface area (Å²) >= 11 is 0. The van der Waals surface area contributed by atoms with E-state index in [-0.39, 0.29) is 25.3 Å². The molecule has 4 unspecified atom stereocenters. The molecular formula is C21H37N5O7. The first-order valence-corrected chi connectivity index (χ1v) is 11.3. The summed E-state index contributed by atoms with van der Waals surface area (Å²) in [5.74, 6) is -4.39. The third-order valence-corrected chi connectivity index (χ3v) is 5.46. The lowest BCUT2D eigenvalue weighted by Crippen LogP contribution is -2.57. The Kier molecular flexibility index (Phi) is 11.8. The maximum atomic E-state index is 13.0. The van der Waals surface area contributed by atoms with E-state index >= 15 is 0 Å². The van der Waals surface area contributed by atoms with Crippen molar-refractivity contribution < 1.29 is 34.2 Å². The summed E-state index contributed by atoms with van der Waals surface area (Å²) in [7, 11) is 0. The summed E-state index contributed by atoms with van der Waals surface area (Å²) in [4.78, 5) is 62.2. The molecule has 0 radical (unpaired) electrons. The minimum absolute atomic E-state index is 0.155. The molecule has 1 fully saturated rings. The molecule has 0 aromatic carbocycles. The van der Waals surface area contributed by atoms with Gasteiger partial charge in [0.1, 0.15) is 18.1 Å². The molecule has 12 heteroatoms. The van der Waals surface area contributed by atoms with Crippen LogP contribution in [0.3, 0.4) is 0 Å². The molecule has 1 heterocycles. The van der Waals surface area contributed by atoms with Crippen molar-refractivity contribution in [2.24, 2.45) is 17.4 Å². The van der Waals surface area contributed by atoms with E-state index in [0.717, 1.165) is 4.90 Å². The maximum absolute atomic E-state index is 13.0. The van der Waals surface area contributed by atoms with E-state index in [0.29, 0.717) is 32.2 Å². The van der Waals surface area contributed by atoms with Crippen LogP contribution in [-0.2, 0) is 24.0 Å². The van der Waals surface area contributed by atoms with Gasteiger partial charge in [-0.15, -0.1) is 0 Å². The van der Waals surface area contributed by atoms with Crippen LogP contribution in [0.1, 0.15) is 58.8 Å². The van der Waals surface area contributed by atoms with E-state index in [4.69, 9.17) is 11.5 Å². The second-order valence-corrected chi connectivity index (χ2v) is 8.77. The Labute approximate surface area is 193 Å². The second kappa shape index (κ2) is 13.7. The van der Waals surface area contributed by atoms with Crippen molar-refractivity contribution in [3.63, 3.8) is 0 Å². The van der Waals surface area contributed by atoms with E-state index < -0.39 is 60.2 Å². The minimum Gasteiger partial charge on any atom is -0.481 e. The van der Waals surface area contributed by atoms with Crippen LogP contribution in [-0.4, -0.2) is 82.0 Å². The number of amides is 3. The van der Waals surface area contributed by atoms with Gasteiger partial charge in [0.05, 0.1) is 12.5 Å². The Morgan fingerprint density at radius 2 is 1.67 bits per heavy atom. The lowest BCUT2D eigenvalue weighted by Gasteiger charge is -2.28. The lowest BCUT2D eigenvalue weighted by atomic mass is 10.0. The highest BCUT2D eigenvalue weighted by atomic mass is 16.4. The average molecular weight is 472 g/mol. The molecule has 1 rings (SSSR count). The fourth-order valence-corrected chi connectivity index (χ4v) is 3.79. The van der Waals surface area contributed by atoms with Gasteiger partial charge in [-0.3, -0.25) is 19.2 Å². The number of nitrogens with zero attached hydrogens (tertiary/aromatic N) is 1. The number of carboxylic acids is 2. The highest BCUT2D eigenvalue weighted by molar-refractivity contribution is 5.95. The van der Waals surface area contributed by atoms with Crippen LogP contribution in [0.15, 0.2) is 0 Å².